The summed E-state index contributed by atoms with van der Waals surface area (Å²) in [6.45, 7) is 1.39. The number of likely N-dealkylation sites (N-methyl/N-ethyl adjacent to an activating group) is 1. The highest BCUT2D eigenvalue weighted by atomic mass is 35.5. The van der Waals surface area contributed by atoms with Gasteiger partial charge in [0.1, 0.15) is 11.6 Å². The predicted octanol–water partition coefficient (Wildman–Crippen LogP) is 1.43. The van der Waals surface area contributed by atoms with Crippen molar-refractivity contribution in [2.75, 3.05) is 20.1 Å². The summed E-state index contributed by atoms with van der Waals surface area (Å²) < 4.78 is 26.3. The molecule has 0 aromatic heterocycles. The standard InChI is InChI=1S/C11H12F2N2O.ClH/c1-15(8-5-14-6-8)11(16)9-4-7(12)2-3-10(9)13;/h2-4,8,14H,5-6H2,1H3;1H. The second-order valence-corrected chi connectivity index (χ2v) is 3.85. The van der Waals surface area contributed by atoms with E-state index in [0.717, 1.165) is 18.2 Å². The van der Waals surface area contributed by atoms with Gasteiger partial charge in [-0.15, -0.1) is 12.4 Å². The molecular weight excluding hydrogens is 250 g/mol. The lowest BCUT2D eigenvalue weighted by atomic mass is 10.1. The van der Waals surface area contributed by atoms with Crippen LogP contribution >= 0.6 is 12.4 Å². The topological polar surface area (TPSA) is 32.3 Å². The smallest absolute Gasteiger partial charge is 0.257 e. The van der Waals surface area contributed by atoms with E-state index in [-0.39, 0.29) is 24.0 Å². The second-order valence-electron chi connectivity index (χ2n) is 3.85. The van der Waals surface area contributed by atoms with Crippen LogP contribution in [0.15, 0.2) is 18.2 Å². The molecule has 0 spiro atoms. The molecule has 2 rings (SSSR count). The zero-order chi connectivity index (χ0) is 11.7. The minimum atomic E-state index is -0.689. The number of carbonyl (C=O) groups excluding carboxylic acids is 1. The average molecular weight is 263 g/mol. The highest BCUT2D eigenvalue weighted by Gasteiger charge is 2.27. The van der Waals surface area contributed by atoms with Gasteiger partial charge in [0.05, 0.1) is 11.6 Å². The maximum Gasteiger partial charge on any atom is 0.257 e. The van der Waals surface area contributed by atoms with E-state index in [1.54, 1.807) is 7.05 Å². The number of halogens is 3. The lowest BCUT2D eigenvalue weighted by Crippen LogP contribution is -2.57. The van der Waals surface area contributed by atoms with E-state index < -0.39 is 17.5 Å². The molecule has 0 atom stereocenters. The molecule has 1 fully saturated rings. The molecule has 0 bridgehead atoms. The van der Waals surface area contributed by atoms with Gasteiger partial charge < -0.3 is 10.2 Å². The van der Waals surface area contributed by atoms with Gasteiger partial charge in [0.2, 0.25) is 0 Å². The first-order valence-corrected chi connectivity index (χ1v) is 5.02. The first-order valence-electron chi connectivity index (χ1n) is 5.02. The van der Waals surface area contributed by atoms with Gasteiger partial charge in [-0.05, 0) is 18.2 Å². The summed E-state index contributed by atoms with van der Waals surface area (Å²) in [7, 11) is 1.60. The second kappa shape index (κ2) is 5.42. The van der Waals surface area contributed by atoms with Gasteiger partial charge in [0.25, 0.3) is 5.91 Å². The number of hydrogen-bond donors (Lipinski definition) is 1. The minimum absolute atomic E-state index is 0. The number of rotatable bonds is 2. The molecule has 1 aromatic rings. The van der Waals surface area contributed by atoms with Gasteiger partial charge in [-0.2, -0.15) is 0 Å². The van der Waals surface area contributed by atoms with Crippen LogP contribution < -0.4 is 5.32 Å². The maximum absolute atomic E-state index is 13.3. The Morgan fingerprint density at radius 2 is 2.06 bits per heavy atom. The number of benzene rings is 1. The molecule has 0 radical (unpaired) electrons. The van der Waals surface area contributed by atoms with Gasteiger partial charge in [-0.25, -0.2) is 8.78 Å². The molecule has 1 N–H and O–H groups in total. The Kier molecular flexibility index (Phi) is 4.42. The molecule has 1 aromatic carbocycles. The molecule has 0 unspecified atom stereocenters. The van der Waals surface area contributed by atoms with Crippen LogP contribution in [-0.4, -0.2) is 37.0 Å². The average Bonchev–Trinajstić information content (AvgIpc) is 2.18. The largest absolute Gasteiger partial charge is 0.336 e. The van der Waals surface area contributed by atoms with Crippen molar-refractivity contribution in [2.45, 2.75) is 6.04 Å². The molecule has 6 heteroatoms. The number of hydrogen-bond acceptors (Lipinski definition) is 2. The van der Waals surface area contributed by atoms with Crippen molar-refractivity contribution in [3.63, 3.8) is 0 Å². The summed E-state index contributed by atoms with van der Waals surface area (Å²) in [6.07, 6.45) is 0. The lowest BCUT2D eigenvalue weighted by molar-refractivity contribution is 0.0676. The molecule has 1 heterocycles. The Hall–Kier alpha value is -1.20. The maximum atomic E-state index is 13.3. The molecule has 0 saturated carbocycles. The highest BCUT2D eigenvalue weighted by molar-refractivity contribution is 5.94. The molecule has 1 saturated heterocycles. The van der Waals surface area contributed by atoms with Crippen molar-refractivity contribution < 1.29 is 13.6 Å². The third-order valence-corrected chi connectivity index (χ3v) is 2.79. The Morgan fingerprint density at radius 3 is 2.59 bits per heavy atom. The summed E-state index contributed by atoms with van der Waals surface area (Å²) in [5, 5.41) is 3.01. The van der Waals surface area contributed by atoms with Crippen LogP contribution in [0.1, 0.15) is 10.4 Å². The van der Waals surface area contributed by atoms with Crippen molar-refractivity contribution in [1.29, 1.82) is 0 Å². The SMILES string of the molecule is CN(C(=O)c1cc(F)ccc1F)C1CNC1.Cl. The van der Waals surface area contributed by atoms with Gasteiger partial charge in [0, 0.05) is 20.1 Å². The molecule has 0 aliphatic carbocycles. The summed E-state index contributed by atoms with van der Waals surface area (Å²) in [4.78, 5) is 13.3. The third kappa shape index (κ3) is 2.73. The molecule has 1 aliphatic heterocycles. The minimum Gasteiger partial charge on any atom is -0.336 e. The first-order chi connectivity index (χ1) is 7.59. The van der Waals surface area contributed by atoms with E-state index in [0.29, 0.717) is 13.1 Å². The van der Waals surface area contributed by atoms with E-state index in [4.69, 9.17) is 0 Å². The van der Waals surface area contributed by atoms with Crippen molar-refractivity contribution in [3.8, 4) is 0 Å². The Morgan fingerprint density at radius 1 is 1.41 bits per heavy atom. The Balaban J connectivity index is 0.00000144. The van der Waals surface area contributed by atoms with E-state index in [9.17, 15) is 13.6 Å². The van der Waals surface area contributed by atoms with Gasteiger partial charge in [-0.1, -0.05) is 0 Å². The number of carbonyl (C=O) groups is 1. The summed E-state index contributed by atoms with van der Waals surface area (Å²) in [5.74, 6) is -1.78. The van der Waals surface area contributed by atoms with Crippen molar-refractivity contribution in [2.24, 2.45) is 0 Å². The fourth-order valence-electron chi connectivity index (χ4n) is 1.56. The zero-order valence-corrected chi connectivity index (χ0v) is 10.1. The quantitative estimate of drug-likeness (QED) is 0.875. The van der Waals surface area contributed by atoms with Gasteiger partial charge in [-0.3, -0.25) is 4.79 Å². The lowest BCUT2D eigenvalue weighted by Gasteiger charge is -2.35. The van der Waals surface area contributed by atoms with E-state index in [1.807, 2.05) is 0 Å². The molecule has 17 heavy (non-hydrogen) atoms. The summed E-state index contributed by atoms with van der Waals surface area (Å²) >= 11 is 0. The van der Waals surface area contributed by atoms with Crippen molar-refractivity contribution in [1.82, 2.24) is 10.2 Å². The number of amides is 1. The molecule has 3 nitrogen and oxygen atoms in total. The van der Waals surface area contributed by atoms with Crippen LogP contribution in [-0.2, 0) is 0 Å². The molecule has 94 valence electrons. The summed E-state index contributed by atoms with van der Waals surface area (Å²) in [5.41, 5.74) is -0.214. The normalized spacial score (nSPS) is 14.8. The first kappa shape index (κ1) is 13.9. The number of nitrogens with zero attached hydrogens (tertiary/aromatic N) is 1. The fourth-order valence-corrected chi connectivity index (χ4v) is 1.56. The molecule has 1 aliphatic rings. The van der Waals surface area contributed by atoms with Crippen LogP contribution in [0.25, 0.3) is 0 Å². The third-order valence-electron chi connectivity index (χ3n) is 2.79. The summed E-state index contributed by atoms with van der Waals surface area (Å²) in [6, 6.07) is 2.96. The molecule has 1 amide bonds. The zero-order valence-electron chi connectivity index (χ0n) is 9.24. The van der Waals surface area contributed by atoms with Crippen molar-refractivity contribution >= 4 is 18.3 Å². The van der Waals surface area contributed by atoms with Gasteiger partial charge >= 0.3 is 0 Å². The Labute approximate surface area is 104 Å². The molecular formula is C11H13ClF2N2O. The van der Waals surface area contributed by atoms with E-state index in [1.165, 1.54) is 4.90 Å². The van der Waals surface area contributed by atoms with Crippen LogP contribution in [0, 0.1) is 11.6 Å². The Bertz CT molecular complexity index is 424. The number of nitrogens with one attached hydrogen (secondary N) is 1. The van der Waals surface area contributed by atoms with Crippen LogP contribution in [0.2, 0.25) is 0 Å². The van der Waals surface area contributed by atoms with Crippen LogP contribution in [0.3, 0.4) is 0 Å². The monoisotopic (exact) mass is 262 g/mol. The van der Waals surface area contributed by atoms with E-state index in [2.05, 4.69) is 5.32 Å². The fraction of sp³-hybridized carbons (Fsp3) is 0.364. The van der Waals surface area contributed by atoms with Crippen LogP contribution in [0.4, 0.5) is 8.78 Å². The van der Waals surface area contributed by atoms with E-state index >= 15 is 0 Å². The van der Waals surface area contributed by atoms with Gasteiger partial charge in [0.15, 0.2) is 0 Å². The predicted molar refractivity (Wildman–Crippen MR) is 62.4 cm³/mol. The van der Waals surface area contributed by atoms with Crippen molar-refractivity contribution in [3.05, 3.63) is 35.4 Å². The van der Waals surface area contributed by atoms with Crippen LogP contribution in [0.5, 0.6) is 0 Å². The highest BCUT2D eigenvalue weighted by Crippen LogP contribution is 2.14.